The van der Waals surface area contributed by atoms with Crippen molar-refractivity contribution in [3.63, 3.8) is 0 Å². The molecule has 1 amide bonds. The van der Waals surface area contributed by atoms with Crippen LogP contribution in [0.3, 0.4) is 0 Å². The van der Waals surface area contributed by atoms with Crippen LogP contribution < -0.4 is 5.73 Å². The molecular formula is C18H21NO. The first kappa shape index (κ1) is 14.3. The second-order valence-corrected chi connectivity index (χ2v) is 5.30. The summed E-state index contributed by atoms with van der Waals surface area (Å²) in [7, 11) is 0. The van der Waals surface area contributed by atoms with Gasteiger partial charge in [0.15, 0.2) is 0 Å². The van der Waals surface area contributed by atoms with Crippen LogP contribution in [0, 0.1) is 0 Å². The number of carbonyl (C=O) groups is 1. The Labute approximate surface area is 120 Å². The molecule has 104 valence electrons. The van der Waals surface area contributed by atoms with E-state index in [0.29, 0.717) is 0 Å². The first-order valence-electron chi connectivity index (χ1n) is 7.01. The number of benzene rings is 2. The van der Waals surface area contributed by atoms with Crippen LogP contribution in [0.2, 0.25) is 0 Å². The Balaban J connectivity index is 2.55. The summed E-state index contributed by atoms with van der Waals surface area (Å²) in [6.07, 6.45) is 0.859. The maximum atomic E-state index is 12.2. The quantitative estimate of drug-likeness (QED) is 0.883. The van der Waals surface area contributed by atoms with Crippen LogP contribution in [-0.4, -0.2) is 5.91 Å². The van der Waals surface area contributed by atoms with E-state index in [2.05, 4.69) is 19.1 Å². The second kappa shape index (κ2) is 5.91. The normalized spacial score (nSPS) is 15.3. The molecule has 2 aromatic rings. The third-order valence-corrected chi connectivity index (χ3v) is 4.19. The first-order valence-corrected chi connectivity index (χ1v) is 7.01. The Morgan fingerprint density at radius 2 is 1.55 bits per heavy atom. The van der Waals surface area contributed by atoms with E-state index in [4.69, 9.17) is 5.73 Å². The number of hydrogen-bond donors (Lipinski definition) is 1. The Morgan fingerprint density at radius 3 is 2.00 bits per heavy atom. The van der Waals surface area contributed by atoms with Gasteiger partial charge in [-0.3, -0.25) is 4.79 Å². The zero-order valence-corrected chi connectivity index (χ0v) is 12.0. The molecule has 0 heterocycles. The van der Waals surface area contributed by atoms with Gasteiger partial charge in [-0.05, 0) is 24.5 Å². The van der Waals surface area contributed by atoms with Crippen molar-refractivity contribution in [3.05, 3.63) is 71.8 Å². The monoisotopic (exact) mass is 267 g/mol. The van der Waals surface area contributed by atoms with Crippen LogP contribution in [0.15, 0.2) is 60.7 Å². The van der Waals surface area contributed by atoms with Crippen molar-refractivity contribution in [3.8, 4) is 0 Å². The van der Waals surface area contributed by atoms with Crippen molar-refractivity contribution in [1.82, 2.24) is 0 Å². The molecule has 0 aliphatic heterocycles. The number of amides is 1. The topological polar surface area (TPSA) is 43.1 Å². The molecule has 0 aliphatic rings. The maximum Gasteiger partial charge on any atom is 0.228 e. The fourth-order valence-corrected chi connectivity index (χ4v) is 2.96. The summed E-state index contributed by atoms with van der Waals surface area (Å²) in [5, 5.41) is 0. The molecular weight excluding hydrogens is 246 g/mol. The van der Waals surface area contributed by atoms with E-state index in [-0.39, 0.29) is 11.8 Å². The highest BCUT2D eigenvalue weighted by atomic mass is 16.1. The molecule has 0 radical (unpaired) electrons. The lowest BCUT2D eigenvalue weighted by atomic mass is 9.67. The van der Waals surface area contributed by atoms with Crippen LogP contribution in [0.5, 0.6) is 0 Å². The molecule has 0 fully saturated rings. The Morgan fingerprint density at radius 1 is 1.05 bits per heavy atom. The fourth-order valence-electron chi connectivity index (χ4n) is 2.96. The van der Waals surface area contributed by atoms with Gasteiger partial charge in [0.1, 0.15) is 0 Å². The molecule has 0 aliphatic carbocycles. The predicted octanol–water partition coefficient (Wildman–Crippen LogP) is 3.62. The molecule has 0 saturated heterocycles. The van der Waals surface area contributed by atoms with Crippen molar-refractivity contribution in [2.75, 3.05) is 0 Å². The molecule has 2 aromatic carbocycles. The lowest BCUT2D eigenvalue weighted by Crippen LogP contribution is -2.43. The molecule has 0 spiro atoms. The highest BCUT2D eigenvalue weighted by Gasteiger charge is 2.41. The van der Waals surface area contributed by atoms with Gasteiger partial charge < -0.3 is 5.73 Å². The van der Waals surface area contributed by atoms with E-state index in [9.17, 15) is 4.79 Å². The average molecular weight is 267 g/mol. The minimum Gasteiger partial charge on any atom is -0.369 e. The first-order chi connectivity index (χ1) is 9.60. The van der Waals surface area contributed by atoms with E-state index >= 15 is 0 Å². The minimum absolute atomic E-state index is 0.0728. The highest BCUT2D eigenvalue weighted by Crippen LogP contribution is 2.40. The van der Waals surface area contributed by atoms with Gasteiger partial charge in [0.2, 0.25) is 5.91 Å². The van der Waals surface area contributed by atoms with E-state index in [1.54, 1.807) is 0 Å². The van der Waals surface area contributed by atoms with Crippen LogP contribution >= 0.6 is 0 Å². The smallest absolute Gasteiger partial charge is 0.228 e. The molecule has 2 rings (SSSR count). The number of nitrogens with two attached hydrogens (primary N) is 1. The summed E-state index contributed by atoms with van der Waals surface area (Å²) in [5.41, 5.74) is 7.21. The molecule has 0 aromatic heterocycles. The van der Waals surface area contributed by atoms with Gasteiger partial charge in [-0.1, -0.05) is 67.6 Å². The number of rotatable bonds is 5. The van der Waals surface area contributed by atoms with Crippen LogP contribution in [0.25, 0.3) is 0 Å². The predicted molar refractivity (Wildman–Crippen MR) is 82.5 cm³/mol. The Hall–Kier alpha value is -2.09. The summed E-state index contributed by atoms with van der Waals surface area (Å²) < 4.78 is 0. The molecule has 2 N–H and O–H groups in total. The summed E-state index contributed by atoms with van der Waals surface area (Å²) in [4.78, 5) is 12.2. The van der Waals surface area contributed by atoms with Gasteiger partial charge in [-0.15, -0.1) is 0 Å². The molecule has 2 atom stereocenters. The number of primary amides is 1. The summed E-state index contributed by atoms with van der Waals surface area (Å²) in [6.45, 7) is 4.05. The van der Waals surface area contributed by atoms with Gasteiger partial charge in [-0.25, -0.2) is 0 Å². The molecule has 2 heteroatoms. The fraction of sp³-hybridized carbons (Fsp3) is 0.278. The van der Waals surface area contributed by atoms with Crippen molar-refractivity contribution in [2.45, 2.75) is 31.6 Å². The molecule has 0 bridgehead atoms. The largest absolute Gasteiger partial charge is 0.369 e. The second-order valence-electron chi connectivity index (χ2n) is 5.30. The molecule has 2 nitrogen and oxygen atoms in total. The van der Waals surface area contributed by atoms with Gasteiger partial charge in [0.05, 0.1) is 5.41 Å². The third kappa shape index (κ3) is 2.46. The highest BCUT2D eigenvalue weighted by molar-refractivity contribution is 5.87. The third-order valence-electron chi connectivity index (χ3n) is 4.19. The summed E-state index contributed by atoms with van der Waals surface area (Å²) in [6, 6.07) is 20.0. The van der Waals surface area contributed by atoms with Gasteiger partial charge in [0.25, 0.3) is 0 Å². The number of carbonyl (C=O) groups excluding carboxylic acids is 1. The van der Waals surface area contributed by atoms with Crippen molar-refractivity contribution in [2.24, 2.45) is 5.73 Å². The van der Waals surface area contributed by atoms with Crippen molar-refractivity contribution < 1.29 is 4.79 Å². The van der Waals surface area contributed by atoms with Gasteiger partial charge in [0, 0.05) is 5.92 Å². The summed E-state index contributed by atoms with van der Waals surface area (Å²) in [5.74, 6) is -0.206. The van der Waals surface area contributed by atoms with Crippen LogP contribution in [-0.2, 0) is 10.2 Å². The van der Waals surface area contributed by atoms with E-state index in [1.807, 2.05) is 55.5 Å². The standard InChI is InChI=1S/C18H21NO/c1-3-16(14-10-6-4-7-11-14)18(2,17(19)20)15-12-8-5-9-13-15/h4-13,16H,3H2,1-2H3,(H2,19,20). The Kier molecular flexibility index (Phi) is 4.23. The maximum absolute atomic E-state index is 12.2. The van der Waals surface area contributed by atoms with Gasteiger partial charge in [-0.2, -0.15) is 0 Å². The molecule has 2 unspecified atom stereocenters. The van der Waals surface area contributed by atoms with Gasteiger partial charge >= 0.3 is 0 Å². The van der Waals surface area contributed by atoms with Crippen molar-refractivity contribution >= 4 is 5.91 Å². The molecule has 0 saturated carbocycles. The summed E-state index contributed by atoms with van der Waals surface area (Å²) >= 11 is 0. The average Bonchev–Trinajstić information content (AvgIpc) is 2.49. The van der Waals surface area contributed by atoms with Crippen molar-refractivity contribution in [1.29, 1.82) is 0 Å². The minimum atomic E-state index is -0.697. The van der Waals surface area contributed by atoms with E-state index < -0.39 is 5.41 Å². The number of hydrogen-bond acceptors (Lipinski definition) is 1. The van der Waals surface area contributed by atoms with E-state index in [0.717, 1.165) is 17.5 Å². The lowest BCUT2D eigenvalue weighted by molar-refractivity contribution is -0.123. The zero-order chi connectivity index (χ0) is 14.6. The Bertz CT molecular complexity index is 564. The lowest BCUT2D eigenvalue weighted by Gasteiger charge is -2.35. The van der Waals surface area contributed by atoms with Crippen LogP contribution in [0.4, 0.5) is 0 Å². The SMILES string of the molecule is CCC(c1ccccc1)C(C)(C(N)=O)c1ccccc1. The van der Waals surface area contributed by atoms with Crippen LogP contribution in [0.1, 0.15) is 37.3 Å². The molecule has 20 heavy (non-hydrogen) atoms. The van der Waals surface area contributed by atoms with E-state index in [1.165, 1.54) is 0 Å². The zero-order valence-electron chi connectivity index (χ0n) is 12.0.